The van der Waals surface area contributed by atoms with Crippen LogP contribution in [0.3, 0.4) is 0 Å². The first-order chi connectivity index (χ1) is 19.0. The van der Waals surface area contributed by atoms with Gasteiger partial charge in [-0.05, 0) is 47.4 Å². The Balaban J connectivity index is 1.73. The number of benzene rings is 3. The van der Waals surface area contributed by atoms with Crippen LogP contribution >= 0.6 is 0 Å². The number of hydrogen-bond donors (Lipinski definition) is 1. The van der Waals surface area contributed by atoms with E-state index in [0.717, 1.165) is 22.9 Å². The maximum absolute atomic E-state index is 13.6. The number of fused-ring (bicyclic) bond motifs is 1. The number of methoxy groups -OCH3 is 3. The number of aromatic nitrogens is 1. The van der Waals surface area contributed by atoms with Gasteiger partial charge in [-0.3, -0.25) is 8.91 Å². The molecule has 4 aromatic rings. The van der Waals surface area contributed by atoms with Crippen molar-refractivity contribution in [1.82, 2.24) is 5.16 Å². The van der Waals surface area contributed by atoms with Crippen LogP contribution in [0.15, 0.2) is 58.1 Å². The summed E-state index contributed by atoms with van der Waals surface area (Å²) in [6, 6.07) is 13.7. The minimum absolute atomic E-state index is 0.177. The molecule has 0 aliphatic carbocycles. The summed E-state index contributed by atoms with van der Waals surface area (Å²) in [5.41, 5.74) is 3.36. The van der Waals surface area contributed by atoms with E-state index < -0.39 is 20.1 Å². The molecule has 0 spiro atoms. The van der Waals surface area contributed by atoms with Gasteiger partial charge in [0, 0.05) is 18.1 Å². The fourth-order valence-electron chi connectivity index (χ4n) is 4.23. The molecule has 13 heteroatoms. The van der Waals surface area contributed by atoms with Crippen molar-refractivity contribution in [3.05, 3.63) is 70.8 Å². The van der Waals surface area contributed by atoms with Gasteiger partial charge in [0.2, 0.25) is 5.03 Å². The Hall–Kier alpha value is -3.81. The number of sulfonamides is 1. The molecule has 0 bridgehead atoms. The van der Waals surface area contributed by atoms with Gasteiger partial charge in [0.25, 0.3) is 20.1 Å². The molecule has 0 aliphatic heterocycles. The standard InChI is InChI=1S/C27H30N2O9S2/c1-6-17-11-20(14-19-8-9-21(34-2)15-25(19)35-3)26(36-4)23(13-17)29-40(32,33)27-22-12-18(16-37-39(5,30)31)7-10-24(22)38-28-27/h7-13,15,29H,6,14,16H2,1-5H3. The highest BCUT2D eigenvalue weighted by atomic mass is 32.2. The van der Waals surface area contributed by atoms with Crippen LogP contribution in [0.4, 0.5) is 5.69 Å². The van der Waals surface area contributed by atoms with Crippen LogP contribution in [-0.2, 0) is 43.8 Å². The molecule has 214 valence electrons. The second-order valence-corrected chi connectivity index (χ2v) is 12.2. The lowest BCUT2D eigenvalue weighted by atomic mass is 9.99. The molecule has 11 nitrogen and oxygen atoms in total. The second kappa shape index (κ2) is 11.7. The van der Waals surface area contributed by atoms with E-state index in [4.69, 9.17) is 22.9 Å². The monoisotopic (exact) mass is 590 g/mol. The number of rotatable bonds is 12. The number of aryl methyl sites for hydroxylation is 1. The molecule has 0 saturated heterocycles. The van der Waals surface area contributed by atoms with Gasteiger partial charge in [-0.1, -0.05) is 30.3 Å². The topological polar surface area (TPSA) is 143 Å². The van der Waals surface area contributed by atoms with Gasteiger partial charge in [0.1, 0.15) is 17.2 Å². The lowest BCUT2D eigenvalue weighted by molar-refractivity contribution is 0.312. The van der Waals surface area contributed by atoms with Gasteiger partial charge in [0.05, 0.1) is 45.3 Å². The Morgan fingerprint density at radius 2 is 1.65 bits per heavy atom. The molecule has 1 heterocycles. The predicted octanol–water partition coefficient (Wildman–Crippen LogP) is 4.28. The molecule has 0 aliphatic rings. The SMILES string of the molecule is CCc1cc(Cc2ccc(OC)cc2OC)c(OC)c(NS(=O)(=O)c2noc3ccc(COS(C)(=O)=O)cc23)c1. The normalized spacial score (nSPS) is 11.9. The van der Waals surface area contributed by atoms with Gasteiger partial charge < -0.3 is 18.7 Å². The van der Waals surface area contributed by atoms with E-state index in [1.165, 1.54) is 19.2 Å². The van der Waals surface area contributed by atoms with E-state index in [1.54, 1.807) is 32.4 Å². The quantitative estimate of drug-likeness (QED) is 0.237. The summed E-state index contributed by atoms with van der Waals surface area (Å²) < 4.78 is 79.1. The molecule has 0 fully saturated rings. The summed E-state index contributed by atoms with van der Waals surface area (Å²) >= 11 is 0. The van der Waals surface area contributed by atoms with Crippen LogP contribution in [-0.4, -0.2) is 49.6 Å². The molecule has 0 atom stereocenters. The van der Waals surface area contributed by atoms with E-state index >= 15 is 0 Å². The van der Waals surface area contributed by atoms with Crippen molar-refractivity contribution in [3.8, 4) is 17.2 Å². The Morgan fingerprint density at radius 1 is 0.875 bits per heavy atom. The molecule has 3 aromatic carbocycles. The third kappa shape index (κ3) is 6.49. The van der Waals surface area contributed by atoms with Crippen LogP contribution in [0.1, 0.15) is 29.2 Å². The molecule has 4 rings (SSSR count). The molecular formula is C27H30N2O9S2. The van der Waals surface area contributed by atoms with Gasteiger partial charge in [0.15, 0.2) is 5.58 Å². The fourth-order valence-corrected chi connectivity index (χ4v) is 5.70. The van der Waals surface area contributed by atoms with Crippen molar-refractivity contribution in [1.29, 1.82) is 0 Å². The van der Waals surface area contributed by atoms with E-state index in [0.29, 0.717) is 35.7 Å². The molecule has 40 heavy (non-hydrogen) atoms. The average Bonchev–Trinajstić information content (AvgIpc) is 3.36. The third-order valence-electron chi connectivity index (χ3n) is 6.15. The summed E-state index contributed by atoms with van der Waals surface area (Å²) in [7, 11) is -3.34. The molecule has 0 unspecified atom stereocenters. The van der Waals surface area contributed by atoms with Gasteiger partial charge in [-0.15, -0.1) is 0 Å². The predicted molar refractivity (Wildman–Crippen MR) is 149 cm³/mol. The maximum atomic E-state index is 13.6. The number of nitrogens with zero attached hydrogens (tertiary/aromatic N) is 1. The lowest BCUT2D eigenvalue weighted by Gasteiger charge is -2.18. The number of nitrogens with one attached hydrogen (secondary N) is 1. The van der Waals surface area contributed by atoms with Crippen LogP contribution in [0.2, 0.25) is 0 Å². The lowest BCUT2D eigenvalue weighted by Crippen LogP contribution is -2.15. The number of hydrogen-bond acceptors (Lipinski definition) is 10. The highest BCUT2D eigenvalue weighted by Gasteiger charge is 2.26. The van der Waals surface area contributed by atoms with Crippen LogP contribution in [0.5, 0.6) is 17.2 Å². The Morgan fingerprint density at radius 3 is 2.30 bits per heavy atom. The van der Waals surface area contributed by atoms with Gasteiger partial charge in [-0.2, -0.15) is 16.8 Å². The van der Waals surface area contributed by atoms with Crippen molar-refractivity contribution >= 4 is 36.8 Å². The minimum Gasteiger partial charge on any atom is -0.497 e. The molecule has 1 aromatic heterocycles. The Labute approximate surface area is 233 Å². The van der Waals surface area contributed by atoms with Crippen LogP contribution in [0, 0.1) is 0 Å². The first kappa shape index (κ1) is 29.2. The summed E-state index contributed by atoms with van der Waals surface area (Å²) in [5.74, 6) is 1.61. The first-order valence-corrected chi connectivity index (χ1v) is 15.4. The van der Waals surface area contributed by atoms with E-state index in [9.17, 15) is 16.8 Å². The Kier molecular flexibility index (Phi) is 8.57. The summed E-state index contributed by atoms with van der Waals surface area (Å²) in [4.78, 5) is 0. The average molecular weight is 591 g/mol. The van der Waals surface area contributed by atoms with E-state index in [-0.39, 0.29) is 28.3 Å². The van der Waals surface area contributed by atoms with Crippen molar-refractivity contribution in [2.24, 2.45) is 0 Å². The van der Waals surface area contributed by atoms with E-state index in [1.807, 2.05) is 25.1 Å². The molecule has 1 N–H and O–H groups in total. The van der Waals surface area contributed by atoms with Crippen molar-refractivity contribution in [2.45, 2.75) is 31.4 Å². The largest absolute Gasteiger partial charge is 0.497 e. The van der Waals surface area contributed by atoms with Crippen LogP contribution in [0.25, 0.3) is 11.0 Å². The zero-order valence-electron chi connectivity index (χ0n) is 22.7. The van der Waals surface area contributed by atoms with Crippen molar-refractivity contribution < 1.29 is 39.8 Å². The highest BCUT2D eigenvalue weighted by Crippen LogP contribution is 2.37. The summed E-state index contributed by atoms with van der Waals surface area (Å²) in [6.45, 7) is 1.69. The zero-order chi connectivity index (χ0) is 29.1. The molecule has 0 radical (unpaired) electrons. The third-order valence-corrected chi connectivity index (χ3v) is 7.99. The highest BCUT2D eigenvalue weighted by molar-refractivity contribution is 7.92. The molecular weight excluding hydrogens is 560 g/mol. The number of anilines is 1. The van der Waals surface area contributed by atoms with E-state index in [2.05, 4.69) is 9.88 Å². The number of ether oxygens (including phenoxy) is 3. The first-order valence-electron chi connectivity index (χ1n) is 12.1. The maximum Gasteiger partial charge on any atom is 0.283 e. The van der Waals surface area contributed by atoms with Gasteiger partial charge in [-0.25, -0.2) is 0 Å². The minimum atomic E-state index is -4.26. The van der Waals surface area contributed by atoms with Gasteiger partial charge >= 0.3 is 0 Å². The summed E-state index contributed by atoms with van der Waals surface area (Å²) in [6.07, 6.45) is 1.97. The molecule has 0 saturated carbocycles. The van der Waals surface area contributed by atoms with Crippen LogP contribution < -0.4 is 18.9 Å². The fraction of sp³-hybridized carbons (Fsp3) is 0.296. The van der Waals surface area contributed by atoms with Crippen molar-refractivity contribution in [3.63, 3.8) is 0 Å². The molecule has 0 amide bonds. The smallest absolute Gasteiger partial charge is 0.283 e. The second-order valence-electron chi connectivity index (χ2n) is 8.93. The summed E-state index contributed by atoms with van der Waals surface area (Å²) in [5, 5.41) is 3.61. The Bertz CT molecular complexity index is 1750. The zero-order valence-corrected chi connectivity index (χ0v) is 24.3. The van der Waals surface area contributed by atoms with Crippen molar-refractivity contribution in [2.75, 3.05) is 32.3 Å².